The van der Waals surface area contributed by atoms with Crippen LogP contribution in [0.5, 0.6) is 11.5 Å². The van der Waals surface area contributed by atoms with E-state index in [4.69, 9.17) is 4.74 Å². The molecule has 0 saturated carbocycles. The summed E-state index contributed by atoms with van der Waals surface area (Å²) in [5, 5.41) is 10.5. The van der Waals surface area contributed by atoms with Gasteiger partial charge >= 0.3 is 5.97 Å². The Labute approximate surface area is 207 Å². The molecule has 4 aromatic rings. The summed E-state index contributed by atoms with van der Waals surface area (Å²) < 4.78 is 8.99. The number of pyridine rings is 2. The Morgan fingerprint density at radius 1 is 1.03 bits per heavy atom. The number of para-hydroxylation sites is 1. The Morgan fingerprint density at radius 2 is 1.83 bits per heavy atom. The number of carbonyl (C=O) groups is 1. The van der Waals surface area contributed by atoms with Crippen LogP contribution in [-0.2, 0) is 30.7 Å². The maximum Gasteiger partial charge on any atom is 0.312 e. The maximum absolute atomic E-state index is 13.8. The first kappa shape index (κ1) is 22.3. The largest absolute Gasteiger partial charge is 0.508 e. The van der Waals surface area contributed by atoms with E-state index in [-0.39, 0.29) is 29.0 Å². The molecule has 0 bridgehead atoms. The van der Waals surface area contributed by atoms with Gasteiger partial charge in [-0.1, -0.05) is 30.3 Å². The number of aryl methyl sites for hydroxylation is 4. The number of ether oxygens (including phenoxy) is 1. The second-order valence-corrected chi connectivity index (χ2v) is 9.68. The van der Waals surface area contributed by atoms with Crippen molar-refractivity contribution in [3.8, 4) is 11.5 Å². The summed E-state index contributed by atoms with van der Waals surface area (Å²) in [5.74, 6) is -0.676. The van der Waals surface area contributed by atoms with Gasteiger partial charge in [-0.25, -0.2) is 0 Å². The average molecular weight is 483 g/mol. The van der Waals surface area contributed by atoms with Crippen LogP contribution >= 0.6 is 0 Å². The van der Waals surface area contributed by atoms with Gasteiger partial charge < -0.3 is 19.0 Å². The van der Waals surface area contributed by atoms with Crippen molar-refractivity contribution >= 4 is 16.9 Å². The van der Waals surface area contributed by atoms with Gasteiger partial charge in [-0.3, -0.25) is 14.4 Å². The molecule has 7 heteroatoms. The van der Waals surface area contributed by atoms with Crippen LogP contribution in [0.25, 0.3) is 10.9 Å². The summed E-state index contributed by atoms with van der Waals surface area (Å²) in [6, 6.07) is 16.5. The summed E-state index contributed by atoms with van der Waals surface area (Å²) in [6.07, 6.45) is 2.35. The third-order valence-corrected chi connectivity index (χ3v) is 7.44. The predicted molar refractivity (Wildman–Crippen MR) is 136 cm³/mol. The summed E-state index contributed by atoms with van der Waals surface area (Å²) in [7, 11) is 0. The van der Waals surface area contributed by atoms with Crippen molar-refractivity contribution in [2.75, 3.05) is 0 Å². The number of hydrogen-bond donors (Lipinski definition) is 1. The van der Waals surface area contributed by atoms with Crippen molar-refractivity contribution in [3.63, 3.8) is 0 Å². The number of fused-ring (bicyclic) bond motifs is 1. The van der Waals surface area contributed by atoms with E-state index >= 15 is 0 Å². The average Bonchev–Trinajstić information content (AvgIpc) is 2.86. The van der Waals surface area contributed by atoms with Gasteiger partial charge in [0.05, 0.1) is 17.5 Å². The van der Waals surface area contributed by atoms with Gasteiger partial charge in [0, 0.05) is 36.3 Å². The van der Waals surface area contributed by atoms with E-state index in [1.807, 2.05) is 37.3 Å². The number of nitrogens with zero attached hydrogens (tertiary/aromatic N) is 2. The van der Waals surface area contributed by atoms with Crippen LogP contribution in [0.2, 0.25) is 0 Å². The summed E-state index contributed by atoms with van der Waals surface area (Å²) >= 11 is 0. The Morgan fingerprint density at radius 3 is 2.64 bits per heavy atom. The van der Waals surface area contributed by atoms with Gasteiger partial charge in [-0.05, 0) is 60.9 Å². The Balaban J connectivity index is 1.48. The van der Waals surface area contributed by atoms with Crippen molar-refractivity contribution in [2.24, 2.45) is 0 Å². The van der Waals surface area contributed by atoms with E-state index < -0.39 is 11.9 Å². The van der Waals surface area contributed by atoms with Crippen molar-refractivity contribution < 1.29 is 14.6 Å². The zero-order valence-corrected chi connectivity index (χ0v) is 20.0. The third kappa shape index (κ3) is 3.63. The Bertz CT molecular complexity index is 1650. The SMILES string of the molecule is Cc1cc2c(c(=O)n1CCc1ccc(O)cc1)[C@@H](c1cc3cccc4c3n(c1=O)CCC4)CC(=O)O2. The molecule has 2 aliphatic rings. The quantitative estimate of drug-likeness (QED) is 0.447. The molecule has 2 aromatic heterocycles. The van der Waals surface area contributed by atoms with Crippen molar-refractivity contribution in [1.82, 2.24) is 9.13 Å². The molecule has 1 atom stereocenters. The minimum absolute atomic E-state index is 0.0519. The first-order valence-electron chi connectivity index (χ1n) is 12.3. The molecule has 0 amide bonds. The highest BCUT2D eigenvalue weighted by Gasteiger charge is 2.35. The van der Waals surface area contributed by atoms with Gasteiger partial charge in [0.25, 0.3) is 11.1 Å². The fourth-order valence-electron chi connectivity index (χ4n) is 5.68. The van der Waals surface area contributed by atoms with E-state index in [2.05, 4.69) is 6.07 Å². The standard InChI is InChI=1S/C29H26N2O5/c1-17-14-24-26(29(35)30(17)13-11-18-7-9-21(32)10-8-18)22(16-25(33)36-24)23-15-20-5-2-4-19-6-3-12-31(27(19)20)28(23)34/h2,4-5,7-10,14-15,22,32H,3,6,11-13,16H2,1H3/t22-/m1/s1. The summed E-state index contributed by atoms with van der Waals surface area (Å²) in [4.78, 5) is 40.1. The predicted octanol–water partition coefficient (Wildman–Crippen LogP) is 3.81. The molecular weight excluding hydrogens is 456 g/mol. The Hall–Kier alpha value is -4.13. The first-order chi connectivity index (χ1) is 17.4. The molecule has 0 unspecified atom stereocenters. The van der Waals surface area contributed by atoms with Crippen LogP contribution in [0, 0.1) is 6.92 Å². The zero-order chi connectivity index (χ0) is 25.0. The number of hydrogen-bond acceptors (Lipinski definition) is 5. The normalized spacial score (nSPS) is 16.6. The lowest BCUT2D eigenvalue weighted by Gasteiger charge is -2.27. The molecule has 4 heterocycles. The molecule has 7 nitrogen and oxygen atoms in total. The molecule has 182 valence electrons. The third-order valence-electron chi connectivity index (χ3n) is 7.44. The molecule has 36 heavy (non-hydrogen) atoms. The highest BCUT2D eigenvalue weighted by atomic mass is 16.5. The van der Waals surface area contributed by atoms with Crippen LogP contribution < -0.4 is 15.9 Å². The van der Waals surface area contributed by atoms with Gasteiger partial charge in [0.2, 0.25) is 0 Å². The topological polar surface area (TPSA) is 90.5 Å². The number of phenolic OH excluding ortho intramolecular Hbond substituents is 1. The first-order valence-corrected chi connectivity index (χ1v) is 12.3. The molecule has 0 aliphatic carbocycles. The number of aromatic hydroxyl groups is 1. The number of esters is 1. The smallest absolute Gasteiger partial charge is 0.312 e. The van der Waals surface area contributed by atoms with Gasteiger partial charge in [-0.15, -0.1) is 0 Å². The molecule has 2 aliphatic heterocycles. The van der Waals surface area contributed by atoms with Crippen LogP contribution in [0.1, 0.15) is 46.7 Å². The highest BCUT2D eigenvalue weighted by Crippen LogP contribution is 2.37. The molecule has 0 saturated heterocycles. The second kappa shape index (κ2) is 8.52. The lowest BCUT2D eigenvalue weighted by Crippen LogP contribution is -2.36. The van der Waals surface area contributed by atoms with Crippen LogP contribution in [0.4, 0.5) is 0 Å². The second-order valence-electron chi connectivity index (χ2n) is 9.68. The monoisotopic (exact) mass is 482 g/mol. The van der Waals surface area contributed by atoms with Crippen LogP contribution in [-0.4, -0.2) is 20.2 Å². The van der Waals surface area contributed by atoms with Gasteiger partial charge in [0.15, 0.2) is 0 Å². The van der Waals surface area contributed by atoms with E-state index in [1.165, 1.54) is 0 Å². The van der Waals surface area contributed by atoms with Crippen molar-refractivity contribution in [3.05, 3.63) is 103 Å². The van der Waals surface area contributed by atoms with E-state index in [1.54, 1.807) is 27.3 Å². The van der Waals surface area contributed by atoms with Crippen LogP contribution in [0.3, 0.4) is 0 Å². The number of carbonyl (C=O) groups excluding carboxylic acids is 1. The number of aromatic nitrogens is 2. The molecule has 6 rings (SSSR count). The fourth-order valence-corrected chi connectivity index (χ4v) is 5.68. The lowest BCUT2D eigenvalue weighted by molar-refractivity contribution is -0.135. The van der Waals surface area contributed by atoms with Crippen LogP contribution in [0.15, 0.2) is 64.2 Å². The Kier molecular flexibility index (Phi) is 5.29. The minimum atomic E-state index is -0.666. The fraction of sp³-hybridized carbons (Fsp3) is 0.276. The molecule has 2 aromatic carbocycles. The number of benzene rings is 2. The zero-order valence-electron chi connectivity index (χ0n) is 20.0. The minimum Gasteiger partial charge on any atom is -0.508 e. The van der Waals surface area contributed by atoms with Gasteiger partial charge in [-0.2, -0.15) is 0 Å². The molecule has 0 radical (unpaired) electrons. The molecule has 1 N–H and O–H groups in total. The number of rotatable bonds is 4. The molecule has 0 fully saturated rings. The summed E-state index contributed by atoms with van der Waals surface area (Å²) in [6.45, 7) is 2.86. The van der Waals surface area contributed by atoms with Crippen molar-refractivity contribution in [1.29, 1.82) is 0 Å². The lowest BCUT2D eigenvalue weighted by atomic mass is 9.86. The highest BCUT2D eigenvalue weighted by molar-refractivity contribution is 5.84. The maximum atomic E-state index is 13.8. The van der Waals surface area contributed by atoms with E-state index in [0.717, 1.165) is 34.9 Å². The molecule has 0 spiro atoms. The molecular formula is C29H26N2O5. The summed E-state index contributed by atoms with van der Waals surface area (Å²) in [5.41, 5.74) is 4.21. The van der Waals surface area contributed by atoms with Gasteiger partial charge in [0.1, 0.15) is 11.5 Å². The van der Waals surface area contributed by atoms with Crippen molar-refractivity contribution in [2.45, 2.75) is 51.6 Å². The van der Waals surface area contributed by atoms with E-state index in [0.29, 0.717) is 36.3 Å². The number of phenols is 1. The van der Waals surface area contributed by atoms with E-state index in [9.17, 15) is 19.5 Å².